The summed E-state index contributed by atoms with van der Waals surface area (Å²) in [5.41, 5.74) is 7.01. The number of hydrogen-bond acceptors (Lipinski definition) is 8. The van der Waals surface area contributed by atoms with Crippen molar-refractivity contribution in [1.29, 1.82) is 0 Å². The van der Waals surface area contributed by atoms with Crippen molar-refractivity contribution in [1.82, 2.24) is 5.32 Å². The lowest BCUT2D eigenvalue weighted by Crippen LogP contribution is -2.37. The number of carbonyl (C=O) groups excluding carboxylic acids is 4. The number of aliphatic hydroxyl groups is 1. The number of ketones is 2. The molecule has 0 aromatic heterocycles. The average molecular weight is 559 g/mol. The predicted molar refractivity (Wildman–Crippen MR) is 150 cm³/mol. The minimum atomic E-state index is -0.993. The Labute approximate surface area is 236 Å². The molecule has 0 saturated heterocycles. The summed E-state index contributed by atoms with van der Waals surface area (Å²) in [5, 5.41) is 13.8. The Hall–Kier alpha value is -3.34. The number of methoxy groups -OCH3 is 2. The summed E-state index contributed by atoms with van der Waals surface area (Å²) in [5.74, 6) is -1.81. The normalized spacial score (nSPS) is 33.1. The van der Waals surface area contributed by atoms with Gasteiger partial charge in [0.15, 0.2) is 11.9 Å². The fourth-order valence-electron chi connectivity index (χ4n) is 5.01. The summed E-state index contributed by atoms with van der Waals surface area (Å²) in [6.45, 7) is 10.2. The van der Waals surface area contributed by atoms with Crippen LogP contribution in [0, 0.1) is 11.8 Å². The van der Waals surface area contributed by atoms with E-state index in [1.54, 1.807) is 39.0 Å². The van der Waals surface area contributed by atoms with E-state index in [0.29, 0.717) is 23.1 Å². The molecular weight excluding hydrogens is 516 g/mol. The highest BCUT2D eigenvalue weighted by Gasteiger charge is 2.34. The minimum Gasteiger partial charge on any atom is -0.439 e. The maximum absolute atomic E-state index is 13.5. The number of amides is 2. The van der Waals surface area contributed by atoms with Gasteiger partial charge in [0.1, 0.15) is 6.10 Å². The van der Waals surface area contributed by atoms with Crippen LogP contribution in [0.5, 0.6) is 0 Å². The van der Waals surface area contributed by atoms with Crippen LogP contribution in [0.4, 0.5) is 4.79 Å². The summed E-state index contributed by atoms with van der Waals surface area (Å²) >= 11 is 0. The van der Waals surface area contributed by atoms with Crippen LogP contribution in [0.2, 0.25) is 0 Å². The Bertz CT molecular complexity index is 1180. The molecule has 1 aliphatic heterocycles. The van der Waals surface area contributed by atoms with Crippen molar-refractivity contribution in [2.75, 3.05) is 14.2 Å². The van der Waals surface area contributed by atoms with E-state index in [1.807, 2.05) is 13.8 Å². The predicted octanol–water partition coefficient (Wildman–Crippen LogP) is 3.21. The molecule has 0 aromatic rings. The Morgan fingerprint density at radius 1 is 1.02 bits per heavy atom. The Kier molecular flexibility index (Phi) is 11.8. The Balaban J connectivity index is 2.62. The second-order valence-electron chi connectivity index (χ2n) is 10.6. The van der Waals surface area contributed by atoms with E-state index in [-0.39, 0.29) is 35.0 Å². The highest BCUT2D eigenvalue weighted by molar-refractivity contribution is 6.25. The van der Waals surface area contributed by atoms with Crippen molar-refractivity contribution in [3.63, 3.8) is 0 Å². The van der Waals surface area contributed by atoms with Crippen molar-refractivity contribution in [3.05, 3.63) is 57.9 Å². The molecule has 10 nitrogen and oxygen atoms in total. The van der Waals surface area contributed by atoms with Gasteiger partial charge in [0.2, 0.25) is 5.78 Å². The van der Waals surface area contributed by atoms with Crippen LogP contribution in [0.1, 0.15) is 54.4 Å². The SMILES string of the molecule is CO[C@H]1/C=C\C=C(/C)C(=O)NC2=C(C)C(=O)C(C)=C(C[C@@H](C)C[C@H](OC)[C@@H](O)[C@@H](C)/C=C(\C)[C@@H]1OC(N)=O)C2=O. The van der Waals surface area contributed by atoms with Crippen LogP contribution in [-0.2, 0) is 28.6 Å². The largest absolute Gasteiger partial charge is 0.439 e. The summed E-state index contributed by atoms with van der Waals surface area (Å²) < 4.78 is 16.5. The Morgan fingerprint density at radius 2 is 1.68 bits per heavy atom. The van der Waals surface area contributed by atoms with E-state index >= 15 is 0 Å². The quantitative estimate of drug-likeness (QED) is 0.352. The molecule has 6 atom stereocenters. The number of rotatable bonds is 3. The maximum Gasteiger partial charge on any atom is 0.405 e. The first-order valence-electron chi connectivity index (χ1n) is 13.3. The zero-order valence-corrected chi connectivity index (χ0v) is 24.6. The molecular formula is C30H42N2O8. The van der Waals surface area contributed by atoms with Gasteiger partial charge in [-0.25, -0.2) is 4.79 Å². The summed E-state index contributed by atoms with van der Waals surface area (Å²) in [6, 6.07) is 0. The lowest BCUT2D eigenvalue weighted by molar-refractivity contribution is -0.120. The van der Waals surface area contributed by atoms with Crippen molar-refractivity contribution >= 4 is 23.6 Å². The molecule has 2 aliphatic rings. The van der Waals surface area contributed by atoms with Gasteiger partial charge in [-0.05, 0) is 52.0 Å². The Morgan fingerprint density at radius 3 is 2.25 bits per heavy atom. The lowest BCUT2D eigenvalue weighted by Gasteiger charge is -2.30. The molecule has 0 radical (unpaired) electrons. The number of allylic oxidation sites excluding steroid dienone is 5. The van der Waals surface area contributed by atoms with Gasteiger partial charge in [-0.1, -0.05) is 38.2 Å². The van der Waals surface area contributed by atoms with Crippen molar-refractivity contribution < 1.29 is 38.5 Å². The topological polar surface area (TPSA) is 154 Å². The van der Waals surface area contributed by atoms with E-state index in [4.69, 9.17) is 19.9 Å². The zero-order chi connectivity index (χ0) is 30.3. The van der Waals surface area contributed by atoms with Gasteiger partial charge < -0.3 is 30.4 Å². The van der Waals surface area contributed by atoms with E-state index in [0.717, 1.165) is 0 Å². The summed E-state index contributed by atoms with van der Waals surface area (Å²) in [4.78, 5) is 51.1. The first-order valence-corrected chi connectivity index (χ1v) is 13.3. The van der Waals surface area contributed by atoms with Gasteiger partial charge in [-0.15, -0.1) is 0 Å². The minimum absolute atomic E-state index is 0.0427. The second kappa shape index (κ2) is 14.3. The smallest absolute Gasteiger partial charge is 0.405 e. The van der Waals surface area contributed by atoms with Gasteiger partial charge >= 0.3 is 6.09 Å². The van der Waals surface area contributed by atoms with Crippen LogP contribution in [0.3, 0.4) is 0 Å². The highest BCUT2D eigenvalue weighted by atomic mass is 16.6. The molecule has 0 aromatic carbocycles. The first-order chi connectivity index (χ1) is 18.7. The van der Waals surface area contributed by atoms with E-state index in [9.17, 15) is 24.3 Å². The van der Waals surface area contributed by atoms with Crippen LogP contribution >= 0.6 is 0 Å². The third kappa shape index (κ3) is 7.87. The number of nitrogens with two attached hydrogens (primary N) is 1. The molecule has 0 fully saturated rings. The van der Waals surface area contributed by atoms with Gasteiger partial charge in [0.05, 0.1) is 17.9 Å². The van der Waals surface area contributed by atoms with Crippen LogP contribution in [0.25, 0.3) is 0 Å². The monoisotopic (exact) mass is 558 g/mol. The van der Waals surface area contributed by atoms with Crippen molar-refractivity contribution in [2.24, 2.45) is 17.6 Å². The van der Waals surface area contributed by atoms with E-state index < -0.39 is 48.1 Å². The van der Waals surface area contributed by atoms with Gasteiger partial charge in [-0.3, -0.25) is 14.4 Å². The average Bonchev–Trinajstić information content (AvgIpc) is 2.90. The molecule has 40 heavy (non-hydrogen) atoms. The van der Waals surface area contributed by atoms with Crippen LogP contribution < -0.4 is 11.1 Å². The van der Waals surface area contributed by atoms with Gasteiger partial charge in [0.25, 0.3) is 5.91 Å². The number of fused-ring (bicyclic) bond motifs is 2. The molecule has 2 rings (SSSR count). The number of ether oxygens (including phenoxy) is 3. The number of hydrogen-bond donors (Lipinski definition) is 3. The third-order valence-electron chi connectivity index (χ3n) is 7.45. The van der Waals surface area contributed by atoms with E-state index in [2.05, 4.69) is 5.32 Å². The first kappa shape index (κ1) is 32.9. The van der Waals surface area contributed by atoms with Crippen molar-refractivity contribution in [3.8, 4) is 0 Å². The molecule has 4 N–H and O–H groups in total. The molecule has 1 heterocycles. The molecule has 10 heteroatoms. The third-order valence-corrected chi connectivity index (χ3v) is 7.45. The molecule has 0 unspecified atom stereocenters. The molecule has 0 spiro atoms. The highest BCUT2D eigenvalue weighted by Crippen LogP contribution is 2.31. The molecule has 220 valence electrons. The molecule has 2 bridgehead atoms. The summed E-state index contributed by atoms with van der Waals surface area (Å²) in [7, 11) is 2.94. The number of nitrogens with one attached hydrogen (secondary N) is 1. The fraction of sp³-hybridized carbons (Fsp3) is 0.533. The van der Waals surface area contributed by atoms with Crippen molar-refractivity contribution in [2.45, 2.75) is 78.8 Å². The number of Topliss-reactive ketones (excluding diaryl/α,β-unsaturated/α-hetero) is 2. The summed E-state index contributed by atoms with van der Waals surface area (Å²) in [6.07, 6.45) is 2.92. The molecule has 0 saturated carbocycles. The number of primary amides is 1. The number of carbonyl (C=O) groups is 4. The van der Waals surface area contributed by atoms with Crippen LogP contribution in [0.15, 0.2) is 57.9 Å². The van der Waals surface area contributed by atoms with Gasteiger partial charge in [0, 0.05) is 42.4 Å². The van der Waals surface area contributed by atoms with Gasteiger partial charge in [-0.2, -0.15) is 0 Å². The molecule has 1 aliphatic carbocycles. The fourth-order valence-corrected chi connectivity index (χ4v) is 5.01. The lowest BCUT2D eigenvalue weighted by atomic mass is 9.82. The standard InChI is InChI=1S/C30H42N2O8/c1-15-12-21-19(5)26(34)20(6)24(27(21)35)32-29(36)16(2)10-9-11-22(38-7)28(40-30(31)37)18(4)14-17(3)25(33)23(13-15)39-8/h9-11,14-15,17,22-23,25,28,33H,12-13H2,1-8H3,(H2,31,37)(H,32,36)/b11-9-,16-10+,18-14+/t15-,17+,22+,23+,25+,28+/m1/s1. The van der Waals surface area contributed by atoms with Crippen LogP contribution in [-0.4, -0.2) is 67.3 Å². The maximum atomic E-state index is 13.5. The molecule has 2 amide bonds. The van der Waals surface area contributed by atoms with E-state index in [1.165, 1.54) is 27.2 Å². The second-order valence-corrected chi connectivity index (χ2v) is 10.6. The zero-order valence-electron chi connectivity index (χ0n) is 24.6. The number of aliphatic hydroxyl groups excluding tert-OH is 1.